The molecule has 39 heavy (non-hydrogen) atoms. The number of azide groups is 1. The number of hydrogen-bond donors (Lipinski definition) is 0. The summed E-state index contributed by atoms with van der Waals surface area (Å²) in [7, 11) is -3.69. The van der Waals surface area contributed by atoms with Gasteiger partial charge in [0.25, 0.3) is 10.1 Å². The number of aryl methyl sites for hydroxylation is 1. The topological polar surface area (TPSA) is 177 Å². The van der Waals surface area contributed by atoms with Crippen molar-refractivity contribution in [3.05, 3.63) is 105 Å². The minimum absolute atomic E-state index is 0. The molecule has 2 heterocycles. The van der Waals surface area contributed by atoms with Gasteiger partial charge in [0.15, 0.2) is 0 Å². The summed E-state index contributed by atoms with van der Waals surface area (Å²) < 4.78 is 39.9. The Morgan fingerprint density at radius 3 is 1.79 bits per heavy atom. The van der Waals surface area contributed by atoms with Gasteiger partial charge in [-0.25, -0.2) is 0 Å². The van der Waals surface area contributed by atoms with E-state index < -0.39 is 10.1 Å². The first-order chi connectivity index (χ1) is 17.8. The molecule has 208 valence electrons. The van der Waals surface area contributed by atoms with Crippen molar-refractivity contribution >= 4 is 10.1 Å². The monoisotopic (exact) mass is 568 g/mol. The first-order valence-corrected chi connectivity index (χ1v) is 13.2. The quantitative estimate of drug-likeness (QED) is 0.0953. The Bertz CT molecular complexity index is 1190. The Morgan fingerprint density at radius 2 is 1.38 bits per heavy atom. The average Bonchev–Trinajstić information content (AvgIpc) is 3.60. The molecule has 3 aromatic rings. The molecule has 0 aliphatic rings. The van der Waals surface area contributed by atoms with Gasteiger partial charge in [0.2, 0.25) is 0 Å². The minimum atomic E-state index is -3.69. The van der Waals surface area contributed by atoms with Crippen LogP contribution in [0.2, 0.25) is 0 Å². The molecule has 0 aliphatic carbocycles. The first kappa shape index (κ1) is 38.5. The summed E-state index contributed by atoms with van der Waals surface area (Å²) >= 11 is 0. The van der Waals surface area contributed by atoms with Gasteiger partial charge in [0, 0.05) is 24.3 Å². The van der Waals surface area contributed by atoms with Crippen LogP contribution >= 0.6 is 0 Å². The van der Waals surface area contributed by atoms with E-state index in [0.29, 0.717) is 18.9 Å². The van der Waals surface area contributed by atoms with E-state index in [0.717, 1.165) is 36.3 Å². The zero-order chi connectivity index (χ0) is 27.5. The van der Waals surface area contributed by atoms with Gasteiger partial charge in [-0.3, -0.25) is 9.09 Å². The summed E-state index contributed by atoms with van der Waals surface area (Å²) in [6.45, 7) is 6.71. The number of benzene rings is 1. The first-order valence-electron chi connectivity index (χ1n) is 11.8. The standard InChI is InChI=1S/C16H20O4S.C9H13N3O.CH4.N3.Na/c1-3-14(11-15-5-4-10-19-15)12-20-21(17,18)16-8-6-13(2)7-9-16;1-2-8(7-11-12-10)6-9-4-3-5-13-9;;1-3-2;/h4-10,14H,3,11-12H2,1-2H3;3-5,8H,2,6-7H2,1H3;1H4;;/q;;;-1;+1. The molecular weight excluding hydrogens is 531 g/mol. The summed E-state index contributed by atoms with van der Waals surface area (Å²) in [5.41, 5.74) is 22.7. The molecule has 11 nitrogen and oxygen atoms in total. The smallest absolute Gasteiger partial charge is 0.469 e. The van der Waals surface area contributed by atoms with Crippen molar-refractivity contribution < 1.29 is 51.0 Å². The van der Waals surface area contributed by atoms with E-state index in [1.807, 2.05) is 38.1 Å². The van der Waals surface area contributed by atoms with Gasteiger partial charge in [-0.15, -0.1) is 0 Å². The maximum atomic E-state index is 12.1. The molecule has 2 unspecified atom stereocenters. The van der Waals surface area contributed by atoms with Crippen molar-refractivity contribution in [3.8, 4) is 0 Å². The van der Waals surface area contributed by atoms with Crippen LogP contribution in [0.5, 0.6) is 0 Å². The summed E-state index contributed by atoms with van der Waals surface area (Å²) in [6.07, 6.45) is 6.63. The van der Waals surface area contributed by atoms with Gasteiger partial charge in [-0.1, -0.05) is 56.9 Å². The molecule has 0 bridgehead atoms. The minimum Gasteiger partial charge on any atom is -0.469 e. The van der Waals surface area contributed by atoms with Crippen LogP contribution in [0.15, 0.2) is 79.9 Å². The van der Waals surface area contributed by atoms with Crippen LogP contribution in [0.1, 0.15) is 51.2 Å². The molecule has 0 aliphatic heterocycles. The Balaban J connectivity index is 0. The van der Waals surface area contributed by atoms with E-state index in [2.05, 4.69) is 16.9 Å². The van der Waals surface area contributed by atoms with Crippen molar-refractivity contribution in [2.24, 2.45) is 17.0 Å². The van der Waals surface area contributed by atoms with Crippen molar-refractivity contribution in [1.82, 2.24) is 0 Å². The third-order valence-corrected chi connectivity index (χ3v) is 6.76. The second-order valence-corrected chi connectivity index (χ2v) is 9.79. The Kier molecular flexibility index (Phi) is 21.9. The maximum Gasteiger partial charge on any atom is 1.00 e. The largest absolute Gasteiger partial charge is 1.00 e. The fourth-order valence-corrected chi connectivity index (χ4v) is 4.17. The van der Waals surface area contributed by atoms with E-state index in [9.17, 15) is 8.42 Å². The van der Waals surface area contributed by atoms with Crippen LogP contribution in [-0.4, -0.2) is 21.6 Å². The number of furan rings is 2. The summed E-state index contributed by atoms with van der Waals surface area (Å²) in [5, 5.41) is 3.56. The second-order valence-electron chi connectivity index (χ2n) is 8.17. The molecule has 0 saturated carbocycles. The fraction of sp³-hybridized carbons (Fsp3) is 0.462. The van der Waals surface area contributed by atoms with Crippen LogP contribution in [0.3, 0.4) is 0 Å². The Labute approximate surface area is 253 Å². The van der Waals surface area contributed by atoms with Gasteiger partial charge in [0.05, 0.1) is 24.0 Å². The van der Waals surface area contributed by atoms with Crippen molar-refractivity contribution in [1.29, 1.82) is 0 Å². The van der Waals surface area contributed by atoms with Gasteiger partial charge in [-0.05, 0) is 60.7 Å². The van der Waals surface area contributed by atoms with Gasteiger partial charge in [0.1, 0.15) is 11.5 Å². The average molecular weight is 569 g/mol. The predicted molar refractivity (Wildman–Crippen MR) is 148 cm³/mol. The molecule has 0 saturated heterocycles. The van der Waals surface area contributed by atoms with Crippen molar-refractivity contribution in [2.75, 3.05) is 13.2 Å². The van der Waals surface area contributed by atoms with E-state index in [1.54, 1.807) is 36.8 Å². The molecule has 3 rings (SSSR count). The van der Waals surface area contributed by atoms with Crippen LogP contribution in [0, 0.1) is 18.8 Å². The Hall–Kier alpha value is -2.69. The molecule has 0 spiro atoms. The predicted octanol–water partition coefficient (Wildman–Crippen LogP) is 5.23. The van der Waals surface area contributed by atoms with Crippen molar-refractivity contribution in [2.45, 2.75) is 58.8 Å². The second kappa shape index (κ2) is 22.2. The third-order valence-electron chi connectivity index (χ3n) is 5.47. The van der Waals surface area contributed by atoms with Crippen LogP contribution in [0.25, 0.3) is 26.4 Å². The molecule has 0 amide bonds. The molecule has 13 heteroatoms. The number of nitrogens with zero attached hydrogens (tertiary/aromatic N) is 6. The zero-order valence-electron chi connectivity index (χ0n) is 22.3. The summed E-state index contributed by atoms with van der Waals surface area (Å²) in [4.78, 5) is 4.44. The SMILES string of the molecule is C.CCC(CN=[N+]=[N-])Cc1ccco1.CCC(COS(=O)(=O)c1ccc(C)cc1)Cc1ccco1.[N-]=[N+]=[N-].[Na+]. The normalized spacial score (nSPS) is 11.4. The summed E-state index contributed by atoms with van der Waals surface area (Å²) in [6, 6.07) is 14.2. The molecule has 1 aromatic carbocycles. The molecule has 2 aromatic heterocycles. The van der Waals surface area contributed by atoms with Crippen molar-refractivity contribution in [3.63, 3.8) is 0 Å². The van der Waals surface area contributed by atoms with E-state index in [-0.39, 0.29) is 54.4 Å². The molecule has 0 N–H and O–H groups in total. The van der Waals surface area contributed by atoms with Gasteiger partial charge in [-0.2, -0.15) is 8.42 Å². The van der Waals surface area contributed by atoms with Crippen LogP contribution in [0.4, 0.5) is 0 Å². The maximum absolute atomic E-state index is 12.1. The van der Waals surface area contributed by atoms with Crippen LogP contribution in [-0.2, 0) is 27.1 Å². The van der Waals surface area contributed by atoms with Gasteiger partial charge >= 0.3 is 29.6 Å². The van der Waals surface area contributed by atoms with Crippen LogP contribution < -0.4 is 29.6 Å². The number of rotatable bonds is 12. The fourth-order valence-electron chi connectivity index (χ4n) is 3.20. The summed E-state index contributed by atoms with van der Waals surface area (Å²) in [5.74, 6) is 2.30. The van der Waals surface area contributed by atoms with E-state index in [1.165, 1.54) is 4.91 Å². The molecule has 0 radical (unpaired) electrons. The Morgan fingerprint density at radius 1 is 0.897 bits per heavy atom. The number of hydrogen-bond acceptors (Lipinski definition) is 6. The third kappa shape index (κ3) is 16.1. The zero-order valence-corrected chi connectivity index (χ0v) is 25.1. The van der Waals surface area contributed by atoms with E-state index in [4.69, 9.17) is 29.6 Å². The molecule has 2 atom stereocenters. The van der Waals surface area contributed by atoms with E-state index >= 15 is 0 Å². The van der Waals surface area contributed by atoms with Gasteiger partial charge < -0.3 is 19.9 Å². The molecular formula is C26H37N6NaO5S. The molecule has 0 fully saturated rings.